The Bertz CT molecular complexity index is 263. The smallest absolute Gasteiger partial charge is 0.256 e. The van der Waals surface area contributed by atoms with Gasteiger partial charge in [0.05, 0.1) is 11.7 Å². The third kappa shape index (κ3) is 1.14. The molecule has 12 heavy (non-hydrogen) atoms. The van der Waals surface area contributed by atoms with Gasteiger partial charge in [-0.25, -0.2) is 0 Å². The van der Waals surface area contributed by atoms with Crippen molar-refractivity contribution in [2.45, 2.75) is 18.9 Å². The fourth-order valence-electron chi connectivity index (χ4n) is 1.49. The maximum Gasteiger partial charge on any atom is 0.256 e. The first-order chi connectivity index (χ1) is 5.77. The van der Waals surface area contributed by atoms with E-state index in [-0.39, 0.29) is 17.9 Å². The van der Waals surface area contributed by atoms with Gasteiger partial charge in [-0.1, -0.05) is 0 Å². The fraction of sp³-hybridized carbons (Fsp3) is 0.500. The van der Waals surface area contributed by atoms with E-state index in [0.29, 0.717) is 12.2 Å². The van der Waals surface area contributed by atoms with Gasteiger partial charge in [-0.05, 0) is 12.8 Å². The quantitative estimate of drug-likeness (QED) is 0.548. The van der Waals surface area contributed by atoms with Crippen LogP contribution in [0.4, 0.5) is 0 Å². The summed E-state index contributed by atoms with van der Waals surface area (Å²) in [6.07, 6.45) is 2.98. The van der Waals surface area contributed by atoms with Crippen LogP contribution in [0.15, 0.2) is 11.6 Å². The van der Waals surface area contributed by atoms with E-state index in [1.807, 2.05) is 0 Å². The standard InChI is InChI=1S/C8H9NO3/c10-7-4-5(8(11)9-7)6-2-1-3-12-6/h4,6H,1-3H2,(H,9,10,11). The number of amides is 2. The van der Waals surface area contributed by atoms with Crippen molar-refractivity contribution in [3.05, 3.63) is 11.6 Å². The molecule has 0 aliphatic carbocycles. The van der Waals surface area contributed by atoms with Gasteiger partial charge in [0.15, 0.2) is 0 Å². The summed E-state index contributed by atoms with van der Waals surface area (Å²) in [5.41, 5.74) is 0.484. The molecule has 4 heteroatoms. The van der Waals surface area contributed by atoms with Gasteiger partial charge in [0.2, 0.25) is 0 Å². The Balaban J connectivity index is 2.16. The Morgan fingerprint density at radius 2 is 2.33 bits per heavy atom. The summed E-state index contributed by atoms with van der Waals surface area (Å²) in [5.74, 6) is -0.627. The lowest BCUT2D eigenvalue weighted by Crippen LogP contribution is -2.25. The van der Waals surface area contributed by atoms with E-state index in [1.165, 1.54) is 6.08 Å². The van der Waals surface area contributed by atoms with Gasteiger partial charge in [-0.3, -0.25) is 14.9 Å². The molecule has 1 fully saturated rings. The van der Waals surface area contributed by atoms with Crippen LogP contribution in [0.25, 0.3) is 0 Å². The third-order valence-electron chi connectivity index (χ3n) is 2.06. The zero-order chi connectivity index (χ0) is 8.55. The van der Waals surface area contributed by atoms with Crippen LogP contribution in [0.3, 0.4) is 0 Å². The summed E-state index contributed by atoms with van der Waals surface area (Å²) < 4.78 is 5.27. The first-order valence-electron chi connectivity index (χ1n) is 3.96. The maximum atomic E-state index is 11.1. The highest BCUT2D eigenvalue weighted by Gasteiger charge is 2.30. The van der Waals surface area contributed by atoms with E-state index in [2.05, 4.69) is 5.32 Å². The Kier molecular flexibility index (Phi) is 1.69. The van der Waals surface area contributed by atoms with Gasteiger partial charge >= 0.3 is 0 Å². The van der Waals surface area contributed by atoms with Gasteiger partial charge in [0.25, 0.3) is 11.8 Å². The average molecular weight is 167 g/mol. The van der Waals surface area contributed by atoms with Crippen LogP contribution in [-0.4, -0.2) is 24.5 Å². The molecule has 2 aliphatic rings. The van der Waals surface area contributed by atoms with Crippen LogP contribution in [0, 0.1) is 0 Å². The molecule has 1 unspecified atom stereocenters. The highest BCUT2D eigenvalue weighted by molar-refractivity contribution is 6.16. The SMILES string of the molecule is O=C1C=C(C2CCCO2)C(=O)N1. The topological polar surface area (TPSA) is 55.4 Å². The number of hydrogen-bond donors (Lipinski definition) is 1. The second kappa shape index (κ2) is 2.71. The van der Waals surface area contributed by atoms with Crippen molar-refractivity contribution >= 4 is 11.8 Å². The van der Waals surface area contributed by atoms with Crippen LogP contribution >= 0.6 is 0 Å². The number of carbonyl (C=O) groups is 2. The average Bonchev–Trinajstić information content (AvgIpc) is 2.58. The van der Waals surface area contributed by atoms with Crippen molar-refractivity contribution in [1.82, 2.24) is 5.32 Å². The lowest BCUT2D eigenvalue weighted by atomic mass is 10.1. The second-order valence-corrected chi connectivity index (χ2v) is 2.92. The zero-order valence-electron chi connectivity index (χ0n) is 6.50. The Morgan fingerprint density at radius 1 is 1.50 bits per heavy atom. The molecule has 64 valence electrons. The second-order valence-electron chi connectivity index (χ2n) is 2.92. The molecule has 0 aromatic rings. The van der Waals surface area contributed by atoms with E-state index >= 15 is 0 Å². The summed E-state index contributed by atoms with van der Waals surface area (Å²) in [6, 6.07) is 0. The van der Waals surface area contributed by atoms with Crippen molar-refractivity contribution in [2.24, 2.45) is 0 Å². The zero-order valence-corrected chi connectivity index (χ0v) is 6.50. The molecule has 0 radical (unpaired) electrons. The minimum absolute atomic E-state index is 0.156. The van der Waals surface area contributed by atoms with Crippen LogP contribution in [0.5, 0.6) is 0 Å². The molecule has 1 atom stereocenters. The van der Waals surface area contributed by atoms with Crippen LogP contribution < -0.4 is 5.32 Å². The molecule has 2 amide bonds. The largest absolute Gasteiger partial charge is 0.373 e. The minimum atomic E-state index is -0.328. The van der Waals surface area contributed by atoms with Crippen LogP contribution in [0.2, 0.25) is 0 Å². The minimum Gasteiger partial charge on any atom is -0.373 e. The molecule has 0 aromatic carbocycles. The Morgan fingerprint density at radius 3 is 2.83 bits per heavy atom. The van der Waals surface area contributed by atoms with E-state index in [4.69, 9.17) is 4.74 Å². The predicted octanol–water partition coefficient (Wildman–Crippen LogP) is -0.252. The summed E-state index contributed by atoms with van der Waals surface area (Å²) >= 11 is 0. The molecule has 2 rings (SSSR count). The van der Waals surface area contributed by atoms with Gasteiger partial charge in [0.1, 0.15) is 0 Å². The van der Waals surface area contributed by atoms with Crippen molar-refractivity contribution in [1.29, 1.82) is 0 Å². The lowest BCUT2D eigenvalue weighted by molar-refractivity contribution is -0.124. The molecular formula is C8H9NO3. The monoisotopic (exact) mass is 167 g/mol. The number of hydrogen-bond acceptors (Lipinski definition) is 3. The first-order valence-corrected chi connectivity index (χ1v) is 3.96. The highest BCUT2D eigenvalue weighted by Crippen LogP contribution is 2.21. The Hall–Kier alpha value is -1.16. The van der Waals surface area contributed by atoms with E-state index in [0.717, 1.165) is 12.8 Å². The van der Waals surface area contributed by atoms with Crippen LogP contribution in [-0.2, 0) is 14.3 Å². The van der Waals surface area contributed by atoms with E-state index in [9.17, 15) is 9.59 Å². The first kappa shape index (κ1) is 7.49. The normalized spacial score (nSPS) is 29.0. The van der Waals surface area contributed by atoms with Crippen molar-refractivity contribution in [2.75, 3.05) is 6.61 Å². The molecule has 0 aromatic heterocycles. The van der Waals surface area contributed by atoms with Crippen molar-refractivity contribution < 1.29 is 14.3 Å². The van der Waals surface area contributed by atoms with Gasteiger partial charge in [0, 0.05) is 12.7 Å². The maximum absolute atomic E-state index is 11.1. The summed E-state index contributed by atoms with van der Waals surface area (Å²) in [6.45, 7) is 0.684. The molecular weight excluding hydrogens is 158 g/mol. The van der Waals surface area contributed by atoms with Crippen molar-refractivity contribution in [3.63, 3.8) is 0 Å². The van der Waals surface area contributed by atoms with Gasteiger partial charge < -0.3 is 4.74 Å². The van der Waals surface area contributed by atoms with Gasteiger partial charge in [-0.2, -0.15) is 0 Å². The van der Waals surface area contributed by atoms with Crippen molar-refractivity contribution in [3.8, 4) is 0 Å². The summed E-state index contributed by atoms with van der Waals surface area (Å²) in [5, 5.41) is 2.19. The molecule has 0 saturated carbocycles. The number of rotatable bonds is 1. The molecule has 2 heterocycles. The number of ether oxygens (including phenoxy) is 1. The molecule has 0 bridgehead atoms. The third-order valence-corrected chi connectivity index (χ3v) is 2.06. The summed E-state index contributed by atoms with van der Waals surface area (Å²) in [4.78, 5) is 21.8. The number of carbonyl (C=O) groups excluding carboxylic acids is 2. The highest BCUT2D eigenvalue weighted by atomic mass is 16.5. The number of nitrogens with one attached hydrogen (secondary N) is 1. The molecule has 2 aliphatic heterocycles. The Labute approximate surface area is 69.6 Å². The van der Waals surface area contributed by atoms with Gasteiger partial charge in [-0.15, -0.1) is 0 Å². The fourth-order valence-corrected chi connectivity index (χ4v) is 1.49. The summed E-state index contributed by atoms with van der Waals surface area (Å²) in [7, 11) is 0. The predicted molar refractivity (Wildman–Crippen MR) is 40.2 cm³/mol. The molecule has 1 N–H and O–H groups in total. The number of imide groups is 1. The van der Waals surface area contributed by atoms with Crippen LogP contribution in [0.1, 0.15) is 12.8 Å². The molecule has 0 spiro atoms. The molecule has 4 nitrogen and oxygen atoms in total. The van der Waals surface area contributed by atoms with E-state index < -0.39 is 0 Å². The lowest BCUT2D eigenvalue weighted by Gasteiger charge is -2.06. The van der Waals surface area contributed by atoms with E-state index in [1.54, 1.807) is 0 Å². The molecule has 1 saturated heterocycles.